The van der Waals surface area contributed by atoms with Crippen LogP contribution in [0.4, 0.5) is 0 Å². The molecule has 2 atom stereocenters. The maximum Gasteiger partial charge on any atom is 0.338 e. The molecule has 2 aromatic rings. The standard InChI is InChI=1S/C20H23NO5S/c1-11(2)25-19(24)13-7-5-12(6-8-13)14-9-10-15(26-14)17-21-16(18(22)23)20(3,4)27-17/h5-11,16-17,21H,1-4H3,(H,22,23). The van der Waals surface area contributed by atoms with Gasteiger partial charge in [0.25, 0.3) is 0 Å². The molecular weight excluding hydrogens is 366 g/mol. The number of aliphatic carboxylic acids is 1. The lowest BCUT2D eigenvalue weighted by Crippen LogP contribution is -2.43. The number of carbonyl (C=O) groups excluding carboxylic acids is 1. The Bertz CT molecular complexity index is 840. The van der Waals surface area contributed by atoms with Gasteiger partial charge in [0.1, 0.15) is 22.9 Å². The number of nitrogens with one attached hydrogen (secondary N) is 1. The van der Waals surface area contributed by atoms with Crippen LogP contribution in [0.25, 0.3) is 11.3 Å². The van der Waals surface area contributed by atoms with Gasteiger partial charge in [0, 0.05) is 10.3 Å². The molecule has 0 aliphatic carbocycles. The van der Waals surface area contributed by atoms with Crippen molar-refractivity contribution >= 4 is 23.7 Å². The van der Waals surface area contributed by atoms with E-state index in [2.05, 4.69) is 5.32 Å². The quantitative estimate of drug-likeness (QED) is 0.745. The first kappa shape index (κ1) is 19.5. The summed E-state index contributed by atoms with van der Waals surface area (Å²) in [6.07, 6.45) is -0.167. The van der Waals surface area contributed by atoms with Crippen molar-refractivity contribution in [1.29, 1.82) is 0 Å². The monoisotopic (exact) mass is 389 g/mol. The molecule has 0 bridgehead atoms. The van der Waals surface area contributed by atoms with E-state index < -0.39 is 16.8 Å². The average molecular weight is 389 g/mol. The Balaban J connectivity index is 1.75. The molecule has 2 unspecified atom stereocenters. The van der Waals surface area contributed by atoms with Crippen LogP contribution < -0.4 is 5.32 Å². The van der Waals surface area contributed by atoms with E-state index in [1.165, 1.54) is 11.8 Å². The van der Waals surface area contributed by atoms with Crippen LogP contribution in [0.15, 0.2) is 40.8 Å². The molecule has 1 aromatic heterocycles. The topological polar surface area (TPSA) is 88.8 Å². The average Bonchev–Trinajstić information content (AvgIpc) is 3.18. The Kier molecular flexibility index (Phi) is 5.35. The van der Waals surface area contributed by atoms with Crippen molar-refractivity contribution in [2.45, 2.75) is 50.0 Å². The van der Waals surface area contributed by atoms with E-state index >= 15 is 0 Å². The number of carbonyl (C=O) groups is 2. The van der Waals surface area contributed by atoms with Crippen LogP contribution in [-0.4, -0.2) is 33.9 Å². The van der Waals surface area contributed by atoms with E-state index in [1.54, 1.807) is 24.3 Å². The number of hydrogen-bond acceptors (Lipinski definition) is 6. The Morgan fingerprint density at radius 2 is 1.85 bits per heavy atom. The first-order valence-corrected chi connectivity index (χ1v) is 9.63. The lowest BCUT2D eigenvalue weighted by molar-refractivity contribution is -0.139. The summed E-state index contributed by atoms with van der Waals surface area (Å²) in [5.41, 5.74) is 1.32. The molecule has 1 aliphatic rings. The number of ether oxygens (including phenoxy) is 1. The van der Waals surface area contributed by atoms with Gasteiger partial charge in [-0.2, -0.15) is 0 Å². The number of rotatable bonds is 5. The number of furan rings is 1. The molecule has 0 spiro atoms. The van der Waals surface area contributed by atoms with Crippen LogP contribution in [0, 0.1) is 0 Å². The minimum atomic E-state index is -0.870. The Labute approximate surface area is 162 Å². The lowest BCUT2D eigenvalue weighted by Gasteiger charge is -2.20. The summed E-state index contributed by atoms with van der Waals surface area (Å²) in [5.74, 6) is 0.110. The SMILES string of the molecule is CC(C)OC(=O)c1ccc(-c2ccc(C3NC(C(=O)O)C(C)(C)S3)o2)cc1. The van der Waals surface area contributed by atoms with E-state index in [1.807, 2.05) is 39.8 Å². The van der Waals surface area contributed by atoms with Crippen LogP contribution in [0.5, 0.6) is 0 Å². The zero-order valence-corrected chi connectivity index (χ0v) is 16.5. The summed E-state index contributed by atoms with van der Waals surface area (Å²) in [6.45, 7) is 7.42. The summed E-state index contributed by atoms with van der Waals surface area (Å²) >= 11 is 1.53. The predicted molar refractivity (Wildman–Crippen MR) is 104 cm³/mol. The molecule has 0 radical (unpaired) electrons. The van der Waals surface area contributed by atoms with Crippen LogP contribution in [0.1, 0.15) is 49.2 Å². The van der Waals surface area contributed by atoms with Gasteiger partial charge in [-0.1, -0.05) is 12.1 Å². The van der Waals surface area contributed by atoms with Gasteiger partial charge in [0.2, 0.25) is 0 Å². The fraction of sp³-hybridized carbons (Fsp3) is 0.400. The van der Waals surface area contributed by atoms with Crippen LogP contribution in [0.2, 0.25) is 0 Å². The smallest absolute Gasteiger partial charge is 0.338 e. The molecule has 2 heterocycles. The zero-order chi connectivity index (χ0) is 19.8. The fourth-order valence-corrected chi connectivity index (χ4v) is 4.33. The molecule has 0 saturated carbocycles. The van der Waals surface area contributed by atoms with Crippen molar-refractivity contribution in [3.05, 3.63) is 47.7 Å². The first-order chi connectivity index (χ1) is 12.7. The van der Waals surface area contributed by atoms with E-state index in [-0.39, 0.29) is 17.4 Å². The van der Waals surface area contributed by atoms with Gasteiger partial charge in [-0.25, -0.2) is 4.79 Å². The van der Waals surface area contributed by atoms with E-state index in [0.717, 1.165) is 5.56 Å². The second kappa shape index (κ2) is 7.40. The third-order valence-corrected chi connectivity index (χ3v) is 5.76. The summed E-state index contributed by atoms with van der Waals surface area (Å²) < 4.78 is 10.7. The third-order valence-electron chi connectivity index (χ3n) is 4.31. The highest BCUT2D eigenvalue weighted by Gasteiger charge is 2.46. The number of hydrogen-bond donors (Lipinski definition) is 2. The minimum Gasteiger partial charge on any atom is -0.480 e. The summed E-state index contributed by atoms with van der Waals surface area (Å²) in [5, 5.41) is 12.3. The maximum atomic E-state index is 11.9. The molecule has 0 amide bonds. The van der Waals surface area contributed by atoms with Gasteiger partial charge < -0.3 is 14.3 Å². The Hall–Kier alpha value is -2.25. The summed E-state index contributed by atoms with van der Waals surface area (Å²) in [4.78, 5) is 23.4. The Morgan fingerprint density at radius 1 is 1.19 bits per heavy atom. The van der Waals surface area contributed by atoms with Crippen LogP contribution in [-0.2, 0) is 9.53 Å². The van der Waals surface area contributed by atoms with Crippen LogP contribution in [0.3, 0.4) is 0 Å². The normalized spacial score (nSPS) is 21.4. The third kappa shape index (κ3) is 4.20. The highest BCUT2D eigenvalue weighted by atomic mass is 32.2. The molecule has 144 valence electrons. The Morgan fingerprint density at radius 3 is 2.41 bits per heavy atom. The molecule has 1 fully saturated rings. The maximum absolute atomic E-state index is 11.9. The number of carboxylic acid groups (broad SMARTS) is 1. The molecule has 1 saturated heterocycles. The van der Waals surface area contributed by atoms with Gasteiger partial charge in [-0.05, 0) is 52.0 Å². The minimum absolute atomic E-state index is 0.167. The molecule has 7 heteroatoms. The van der Waals surface area contributed by atoms with Gasteiger partial charge in [0.15, 0.2) is 0 Å². The second-order valence-electron chi connectivity index (χ2n) is 7.27. The van der Waals surface area contributed by atoms with Crippen molar-refractivity contribution in [1.82, 2.24) is 5.32 Å². The van der Waals surface area contributed by atoms with Crippen LogP contribution >= 0.6 is 11.8 Å². The molecule has 3 rings (SSSR count). The first-order valence-electron chi connectivity index (χ1n) is 8.75. The van der Waals surface area contributed by atoms with E-state index in [9.17, 15) is 14.7 Å². The molecule has 27 heavy (non-hydrogen) atoms. The lowest BCUT2D eigenvalue weighted by atomic mass is 10.0. The highest BCUT2D eigenvalue weighted by molar-refractivity contribution is 8.01. The molecule has 2 N–H and O–H groups in total. The zero-order valence-electron chi connectivity index (χ0n) is 15.7. The molecule has 1 aromatic carbocycles. The largest absolute Gasteiger partial charge is 0.480 e. The van der Waals surface area contributed by atoms with E-state index in [4.69, 9.17) is 9.15 Å². The fourth-order valence-electron chi connectivity index (χ4n) is 2.97. The van der Waals surface area contributed by atoms with Crippen molar-refractivity contribution < 1.29 is 23.8 Å². The van der Waals surface area contributed by atoms with Gasteiger partial charge in [-0.15, -0.1) is 11.8 Å². The van der Waals surface area contributed by atoms with Crippen molar-refractivity contribution in [2.24, 2.45) is 0 Å². The van der Waals surface area contributed by atoms with Gasteiger partial charge in [-0.3, -0.25) is 10.1 Å². The summed E-state index contributed by atoms with van der Waals surface area (Å²) in [7, 11) is 0. The van der Waals surface area contributed by atoms with E-state index in [0.29, 0.717) is 17.1 Å². The highest BCUT2D eigenvalue weighted by Crippen LogP contribution is 2.46. The van der Waals surface area contributed by atoms with Gasteiger partial charge in [0.05, 0.1) is 11.7 Å². The molecule has 1 aliphatic heterocycles. The number of benzene rings is 1. The number of carboxylic acids is 1. The summed E-state index contributed by atoms with van der Waals surface area (Å²) in [6, 6.07) is 10.1. The van der Waals surface area contributed by atoms with Crippen molar-refractivity contribution in [2.75, 3.05) is 0 Å². The van der Waals surface area contributed by atoms with Crippen molar-refractivity contribution in [3.63, 3.8) is 0 Å². The number of thioether (sulfide) groups is 1. The van der Waals surface area contributed by atoms with Gasteiger partial charge >= 0.3 is 11.9 Å². The molecule has 6 nitrogen and oxygen atoms in total. The van der Waals surface area contributed by atoms with Crippen molar-refractivity contribution in [3.8, 4) is 11.3 Å². The second-order valence-corrected chi connectivity index (χ2v) is 9.03. The number of esters is 1. The molecular formula is C20H23NO5S. The predicted octanol–water partition coefficient (Wildman–Crippen LogP) is 4.08.